The molecule has 0 bridgehead atoms. The molecule has 1 unspecified atom stereocenters. The average molecular weight is 422 g/mol. The minimum Gasteiger partial charge on any atom is -0.393 e. The number of carbonyl (C=O) groups excluding carboxylic acids is 2. The molecule has 29 heavy (non-hydrogen) atoms. The van der Waals surface area contributed by atoms with Crippen LogP contribution in [0.2, 0.25) is 5.02 Å². The van der Waals surface area contributed by atoms with E-state index < -0.39 is 29.7 Å². The van der Waals surface area contributed by atoms with Crippen molar-refractivity contribution >= 4 is 29.2 Å². The van der Waals surface area contributed by atoms with Gasteiger partial charge in [0.1, 0.15) is 18.4 Å². The summed E-state index contributed by atoms with van der Waals surface area (Å²) in [5.74, 6) is -2.53. The largest absolute Gasteiger partial charge is 0.393 e. The zero-order valence-corrected chi connectivity index (χ0v) is 16.0. The summed E-state index contributed by atoms with van der Waals surface area (Å²) < 4.78 is 27.6. The summed E-state index contributed by atoms with van der Waals surface area (Å²) in [4.78, 5) is 32.5. The Morgan fingerprint density at radius 3 is 2.48 bits per heavy atom. The predicted octanol–water partition coefficient (Wildman–Crippen LogP) is 2.53. The highest BCUT2D eigenvalue weighted by molar-refractivity contribution is 6.30. The first-order chi connectivity index (χ1) is 13.8. The van der Waals surface area contributed by atoms with Gasteiger partial charge in [-0.15, -0.1) is 0 Å². The van der Waals surface area contributed by atoms with Gasteiger partial charge in [-0.3, -0.25) is 14.5 Å². The molecule has 2 aromatic rings. The van der Waals surface area contributed by atoms with E-state index in [-0.39, 0.29) is 35.8 Å². The minimum atomic E-state index is -0.860. The Morgan fingerprint density at radius 1 is 1.17 bits per heavy atom. The summed E-state index contributed by atoms with van der Waals surface area (Å²) >= 11 is 5.74. The Hall–Kier alpha value is -2.58. The first-order valence-corrected chi connectivity index (χ1v) is 9.55. The summed E-state index contributed by atoms with van der Waals surface area (Å²) in [6.07, 6.45) is 1.42. The van der Waals surface area contributed by atoms with Crippen molar-refractivity contribution in [2.75, 3.05) is 11.4 Å². The van der Waals surface area contributed by atoms with Crippen LogP contribution in [-0.2, 0) is 16.1 Å². The molecule has 1 atom stereocenters. The van der Waals surface area contributed by atoms with Crippen molar-refractivity contribution in [3.05, 3.63) is 58.7 Å². The number of amides is 2. The highest BCUT2D eigenvalue weighted by Gasteiger charge is 2.48. The van der Waals surface area contributed by atoms with E-state index in [1.165, 1.54) is 23.2 Å². The predicted molar refractivity (Wildman–Crippen MR) is 101 cm³/mol. The van der Waals surface area contributed by atoms with Gasteiger partial charge in [-0.05, 0) is 42.5 Å². The Balaban J connectivity index is 1.65. The van der Waals surface area contributed by atoms with Crippen LogP contribution in [0.15, 0.2) is 36.5 Å². The second kappa shape index (κ2) is 7.68. The lowest BCUT2D eigenvalue weighted by molar-refractivity contribution is -0.149. The highest BCUT2D eigenvalue weighted by Crippen LogP contribution is 2.37. The van der Waals surface area contributed by atoms with Crippen molar-refractivity contribution in [2.24, 2.45) is 5.92 Å². The molecule has 2 heterocycles. The van der Waals surface area contributed by atoms with Gasteiger partial charge in [0.15, 0.2) is 11.6 Å². The van der Waals surface area contributed by atoms with Crippen LogP contribution in [0.3, 0.4) is 0 Å². The fourth-order valence-electron chi connectivity index (χ4n) is 3.85. The third-order valence-electron chi connectivity index (χ3n) is 5.37. The fraction of sp³-hybridized carbons (Fsp3) is 0.350. The van der Waals surface area contributed by atoms with Crippen molar-refractivity contribution in [1.82, 2.24) is 9.88 Å². The Bertz CT molecular complexity index is 950. The molecule has 2 aliphatic rings. The number of aromatic nitrogens is 1. The third kappa shape index (κ3) is 3.82. The van der Waals surface area contributed by atoms with Gasteiger partial charge in [0.25, 0.3) is 5.91 Å². The van der Waals surface area contributed by atoms with Crippen LogP contribution in [-0.4, -0.2) is 45.5 Å². The molecule has 152 valence electrons. The smallest absolute Gasteiger partial charge is 0.251 e. The number of hydrogen-bond acceptors (Lipinski definition) is 4. The minimum absolute atomic E-state index is 0.0821. The molecule has 1 N–H and O–H groups in total. The number of piperazine rings is 1. The molecular formula is C20H18ClF2N3O3. The van der Waals surface area contributed by atoms with Crippen LogP contribution in [0, 0.1) is 17.6 Å². The number of carbonyl (C=O) groups is 2. The number of aliphatic hydroxyl groups is 1. The van der Waals surface area contributed by atoms with E-state index in [1.807, 2.05) is 0 Å². The normalized spacial score (nSPS) is 24.6. The lowest BCUT2D eigenvalue weighted by atomic mass is 9.75. The van der Waals surface area contributed by atoms with E-state index in [2.05, 4.69) is 4.98 Å². The van der Waals surface area contributed by atoms with Gasteiger partial charge in [0.2, 0.25) is 5.91 Å². The number of hydrogen-bond donors (Lipinski definition) is 1. The van der Waals surface area contributed by atoms with E-state index >= 15 is 0 Å². The molecule has 1 saturated heterocycles. The molecule has 9 heteroatoms. The Labute approximate surface area is 170 Å². The van der Waals surface area contributed by atoms with Crippen molar-refractivity contribution in [3.8, 4) is 0 Å². The number of rotatable bonds is 4. The number of halogens is 3. The summed E-state index contributed by atoms with van der Waals surface area (Å²) in [7, 11) is 0. The summed E-state index contributed by atoms with van der Waals surface area (Å²) in [6.45, 7) is -0.246. The quantitative estimate of drug-likeness (QED) is 0.823. The molecule has 1 aromatic heterocycles. The molecule has 0 spiro atoms. The third-order valence-corrected chi connectivity index (χ3v) is 5.58. The lowest BCUT2D eigenvalue weighted by Gasteiger charge is -2.47. The van der Waals surface area contributed by atoms with Crippen LogP contribution in [0.5, 0.6) is 0 Å². The molecule has 4 rings (SSSR count). The van der Waals surface area contributed by atoms with Crippen LogP contribution in [0.4, 0.5) is 14.6 Å². The molecule has 6 nitrogen and oxygen atoms in total. The molecule has 1 saturated carbocycles. The summed E-state index contributed by atoms with van der Waals surface area (Å²) in [6, 6.07) is 5.84. The van der Waals surface area contributed by atoms with Crippen molar-refractivity contribution in [3.63, 3.8) is 0 Å². The molecular weight excluding hydrogens is 404 g/mol. The second-order valence-corrected chi connectivity index (χ2v) is 7.80. The fourth-order valence-corrected chi connectivity index (χ4v) is 4.00. The van der Waals surface area contributed by atoms with Gasteiger partial charge < -0.3 is 10.0 Å². The number of pyridine rings is 1. The van der Waals surface area contributed by atoms with Crippen molar-refractivity contribution in [1.29, 1.82) is 0 Å². The zero-order valence-electron chi connectivity index (χ0n) is 15.3. The van der Waals surface area contributed by atoms with E-state index in [0.717, 1.165) is 11.0 Å². The topological polar surface area (TPSA) is 73.7 Å². The first kappa shape index (κ1) is 19.7. The van der Waals surface area contributed by atoms with Gasteiger partial charge >= 0.3 is 0 Å². The van der Waals surface area contributed by atoms with Crippen LogP contribution < -0.4 is 4.90 Å². The van der Waals surface area contributed by atoms with Gasteiger partial charge in [-0.2, -0.15) is 0 Å². The summed E-state index contributed by atoms with van der Waals surface area (Å²) in [5.41, 5.74) is 0.668. The number of benzene rings is 1. The van der Waals surface area contributed by atoms with E-state index in [0.29, 0.717) is 18.4 Å². The average Bonchev–Trinajstić information content (AvgIpc) is 2.65. The maximum atomic E-state index is 14.4. The monoisotopic (exact) mass is 421 g/mol. The second-order valence-electron chi connectivity index (χ2n) is 7.36. The van der Waals surface area contributed by atoms with E-state index in [1.54, 1.807) is 12.1 Å². The van der Waals surface area contributed by atoms with Crippen LogP contribution in [0.25, 0.3) is 0 Å². The lowest BCUT2D eigenvalue weighted by Crippen LogP contribution is -2.64. The SMILES string of the molecule is O=C1C(C2CC(O)C2)N(Cc2ccc(F)cc2)C(=O)CN1c1ncc(Cl)cc1F. The van der Waals surface area contributed by atoms with Crippen LogP contribution in [0.1, 0.15) is 18.4 Å². The van der Waals surface area contributed by atoms with Gasteiger partial charge in [-0.25, -0.2) is 13.8 Å². The Kier molecular flexibility index (Phi) is 5.23. The maximum Gasteiger partial charge on any atom is 0.251 e. The molecule has 1 aromatic carbocycles. The van der Waals surface area contributed by atoms with Crippen molar-refractivity contribution < 1.29 is 23.5 Å². The number of nitrogens with zero attached hydrogens (tertiary/aromatic N) is 3. The maximum absolute atomic E-state index is 14.4. The Morgan fingerprint density at radius 2 is 1.86 bits per heavy atom. The van der Waals surface area contributed by atoms with E-state index in [9.17, 15) is 23.5 Å². The summed E-state index contributed by atoms with van der Waals surface area (Å²) in [5, 5.41) is 9.79. The highest BCUT2D eigenvalue weighted by atomic mass is 35.5. The first-order valence-electron chi connectivity index (χ1n) is 9.18. The van der Waals surface area contributed by atoms with Gasteiger partial charge in [0.05, 0.1) is 11.1 Å². The van der Waals surface area contributed by atoms with E-state index in [4.69, 9.17) is 11.6 Å². The number of aliphatic hydroxyl groups excluding tert-OH is 1. The van der Waals surface area contributed by atoms with Crippen molar-refractivity contribution in [2.45, 2.75) is 31.5 Å². The number of anilines is 1. The molecule has 1 aliphatic carbocycles. The molecule has 0 radical (unpaired) electrons. The molecule has 2 amide bonds. The zero-order chi connectivity index (χ0) is 20.7. The standard InChI is InChI=1S/C20H18ClF2N3O3/c21-13-7-16(23)19(24-8-13)26-10-17(28)25(9-11-1-3-14(22)4-2-11)18(20(26)29)12-5-15(27)6-12/h1-4,7-8,12,15,18,27H,5-6,9-10H2. The van der Waals surface area contributed by atoms with Gasteiger partial charge in [0, 0.05) is 12.7 Å². The van der Waals surface area contributed by atoms with Crippen LogP contribution >= 0.6 is 11.6 Å². The molecule has 2 fully saturated rings. The van der Waals surface area contributed by atoms with Gasteiger partial charge in [-0.1, -0.05) is 23.7 Å². The molecule has 1 aliphatic heterocycles.